The smallest absolute Gasteiger partial charge is 0.275 e. The summed E-state index contributed by atoms with van der Waals surface area (Å²) >= 11 is 1.65. The molecule has 1 aromatic heterocycles. The summed E-state index contributed by atoms with van der Waals surface area (Å²) in [6, 6.07) is 20.0. The van der Waals surface area contributed by atoms with E-state index < -0.39 is 0 Å². The molecular formula is C22H23N2O3S+. The summed E-state index contributed by atoms with van der Waals surface area (Å²) in [6.07, 6.45) is 0. The Morgan fingerprint density at radius 2 is 1.93 bits per heavy atom. The first-order valence-electron chi connectivity index (χ1n) is 9.26. The van der Waals surface area contributed by atoms with Crippen LogP contribution >= 0.6 is 11.3 Å². The third kappa shape index (κ3) is 4.35. The Kier molecular flexibility index (Phi) is 5.60. The maximum atomic E-state index is 12.7. The Morgan fingerprint density at radius 1 is 1.11 bits per heavy atom. The van der Waals surface area contributed by atoms with E-state index in [4.69, 9.17) is 9.47 Å². The van der Waals surface area contributed by atoms with Crippen molar-refractivity contribution in [2.75, 3.05) is 20.4 Å². The summed E-state index contributed by atoms with van der Waals surface area (Å²) in [5, 5.41) is 5.24. The van der Waals surface area contributed by atoms with Gasteiger partial charge in [0.05, 0.1) is 13.1 Å². The van der Waals surface area contributed by atoms with Gasteiger partial charge in [-0.15, -0.1) is 11.3 Å². The second-order valence-corrected chi connectivity index (χ2v) is 7.90. The molecule has 144 valence electrons. The fraction of sp³-hybridized carbons (Fsp3) is 0.227. The van der Waals surface area contributed by atoms with Crippen molar-refractivity contribution in [3.63, 3.8) is 0 Å². The number of fused-ring (bicyclic) bond motifs is 1. The molecule has 6 heteroatoms. The van der Waals surface area contributed by atoms with Crippen molar-refractivity contribution < 1.29 is 19.2 Å². The Morgan fingerprint density at radius 3 is 2.71 bits per heavy atom. The molecule has 28 heavy (non-hydrogen) atoms. The van der Waals surface area contributed by atoms with E-state index >= 15 is 0 Å². The number of carbonyl (C=O) groups excluding carboxylic acids is 1. The Labute approximate surface area is 168 Å². The molecule has 0 spiro atoms. The molecule has 5 nitrogen and oxygen atoms in total. The highest BCUT2D eigenvalue weighted by atomic mass is 32.1. The van der Waals surface area contributed by atoms with Crippen molar-refractivity contribution >= 4 is 17.2 Å². The largest absolute Gasteiger partial charge is 0.454 e. The molecule has 1 amide bonds. The van der Waals surface area contributed by atoms with Gasteiger partial charge in [-0.1, -0.05) is 36.4 Å². The van der Waals surface area contributed by atoms with Crippen LogP contribution in [0, 0.1) is 0 Å². The molecular weight excluding hydrogens is 372 g/mol. The van der Waals surface area contributed by atoms with Crippen molar-refractivity contribution in [2.24, 2.45) is 0 Å². The number of carbonyl (C=O) groups is 1. The fourth-order valence-electron chi connectivity index (χ4n) is 3.37. The number of hydrogen-bond acceptors (Lipinski definition) is 4. The number of likely N-dealkylation sites (N-methyl/N-ethyl adjacent to an activating group) is 1. The highest BCUT2D eigenvalue weighted by Gasteiger charge is 2.20. The zero-order valence-corrected chi connectivity index (χ0v) is 16.5. The Balaban J connectivity index is 1.39. The number of benzene rings is 2. The predicted octanol–water partition coefficient (Wildman–Crippen LogP) is 2.40. The van der Waals surface area contributed by atoms with Gasteiger partial charge < -0.3 is 19.7 Å². The van der Waals surface area contributed by atoms with Gasteiger partial charge in [0.1, 0.15) is 6.54 Å². The minimum absolute atomic E-state index is 0.0282. The highest BCUT2D eigenvalue weighted by molar-refractivity contribution is 7.10. The third-order valence-corrected chi connectivity index (χ3v) is 5.61. The van der Waals surface area contributed by atoms with Crippen molar-refractivity contribution in [2.45, 2.75) is 12.6 Å². The van der Waals surface area contributed by atoms with Gasteiger partial charge in [-0.3, -0.25) is 4.79 Å². The molecule has 0 fully saturated rings. The lowest BCUT2D eigenvalue weighted by atomic mass is 10.1. The van der Waals surface area contributed by atoms with Crippen LogP contribution in [-0.2, 0) is 11.3 Å². The molecule has 0 bridgehead atoms. The van der Waals surface area contributed by atoms with E-state index in [9.17, 15) is 4.79 Å². The standard InChI is InChI=1S/C22H22N2O3S/c1-24(13-16-9-10-18-19(12-16)27-15-26-18)14-21(25)23-22(20-8-5-11-28-20)17-6-3-2-4-7-17/h2-12,22H,13-15H2,1H3,(H,23,25)/p+1/t22-/m1/s1. The van der Waals surface area contributed by atoms with Crippen molar-refractivity contribution in [3.05, 3.63) is 82.0 Å². The average Bonchev–Trinajstić information content (AvgIpc) is 3.38. The van der Waals surface area contributed by atoms with Crippen LogP contribution in [0.25, 0.3) is 0 Å². The summed E-state index contributed by atoms with van der Waals surface area (Å²) in [6.45, 7) is 1.40. The molecule has 2 N–H and O–H groups in total. The molecule has 1 aliphatic heterocycles. The van der Waals surface area contributed by atoms with E-state index in [0.29, 0.717) is 6.54 Å². The zero-order valence-electron chi connectivity index (χ0n) is 15.7. The van der Waals surface area contributed by atoms with Crippen LogP contribution in [0.1, 0.15) is 22.0 Å². The molecule has 4 rings (SSSR count). The number of ether oxygens (including phenoxy) is 2. The average molecular weight is 396 g/mol. The first kappa shape index (κ1) is 18.5. The van der Waals surface area contributed by atoms with E-state index in [-0.39, 0.29) is 18.7 Å². The molecule has 0 radical (unpaired) electrons. The van der Waals surface area contributed by atoms with Crippen LogP contribution in [-0.4, -0.2) is 26.3 Å². The molecule has 0 saturated carbocycles. The van der Waals surface area contributed by atoms with Gasteiger partial charge in [-0.2, -0.15) is 0 Å². The maximum absolute atomic E-state index is 12.7. The lowest BCUT2D eigenvalue weighted by Crippen LogP contribution is -3.08. The Hall–Kier alpha value is -2.83. The monoisotopic (exact) mass is 395 g/mol. The van der Waals surface area contributed by atoms with E-state index in [1.165, 1.54) is 0 Å². The lowest BCUT2D eigenvalue weighted by molar-refractivity contribution is -0.885. The summed E-state index contributed by atoms with van der Waals surface area (Å²) in [4.78, 5) is 15.0. The van der Waals surface area contributed by atoms with Crippen LogP contribution in [0.5, 0.6) is 11.5 Å². The molecule has 0 aliphatic carbocycles. The molecule has 1 aliphatic rings. The summed E-state index contributed by atoms with van der Waals surface area (Å²) in [7, 11) is 2.02. The van der Waals surface area contributed by atoms with Crippen molar-refractivity contribution in [1.29, 1.82) is 0 Å². The fourth-order valence-corrected chi connectivity index (χ4v) is 4.17. The first-order valence-corrected chi connectivity index (χ1v) is 10.1. The SMILES string of the molecule is C[NH+](CC(=O)N[C@H](c1ccccc1)c1cccs1)Cc1ccc2c(c1)OCO2. The summed E-state index contributed by atoms with van der Waals surface area (Å²) in [5.74, 6) is 1.58. The van der Waals surface area contributed by atoms with Gasteiger partial charge >= 0.3 is 0 Å². The normalized spacial score (nSPS) is 14.5. The van der Waals surface area contributed by atoms with Crippen LogP contribution < -0.4 is 19.7 Å². The number of rotatable bonds is 7. The lowest BCUT2D eigenvalue weighted by Gasteiger charge is -2.20. The first-order chi connectivity index (χ1) is 13.7. The number of amides is 1. The van der Waals surface area contributed by atoms with Crippen molar-refractivity contribution in [3.8, 4) is 11.5 Å². The minimum Gasteiger partial charge on any atom is -0.454 e. The van der Waals surface area contributed by atoms with Gasteiger partial charge in [0.15, 0.2) is 18.0 Å². The number of quaternary nitrogens is 1. The van der Waals surface area contributed by atoms with E-state index in [2.05, 4.69) is 11.4 Å². The van der Waals surface area contributed by atoms with Gasteiger partial charge in [-0.25, -0.2) is 0 Å². The van der Waals surface area contributed by atoms with Crippen LogP contribution in [0.4, 0.5) is 0 Å². The minimum atomic E-state index is -0.118. The van der Waals surface area contributed by atoms with Gasteiger partial charge in [-0.05, 0) is 35.2 Å². The van der Waals surface area contributed by atoms with Crippen molar-refractivity contribution in [1.82, 2.24) is 5.32 Å². The van der Waals surface area contributed by atoms with E-state index in [0.717, 1.165) is 38.9 Å². The topological polar surface area (TPSA) is 52.0 Å². The summed E-state index contributed by atoms with van der Waals surface area (Å²) in [5.41, 5.74) is 2.21. The quantitative estimate of drug-likeness (QED) is 0.646. The van der Waals surface area contributed by atoms with Crippen LogP contribution in [0.2, 0.25) is 0 Å². The number of nitrogens with one attached hydrogen (secondary N) is 2. The van der Waals surface area contributed by atoms with E-state index in [1.807, 2.05) is 67.0 Å². The molecule has 2 atom stereocenters. The van der Waals surface area contributed by atoms with E-state index in [1.54, 1.807) is 11.3 Å². The molecule has 2 heterocycles. The van der Waals surface area contributed by atoms with Crippen LogP contribution in [0.3, 0.4) is 0 Å². The van der Waals surface area contributed by atoms with Gasteiger partial charge in [0, 0.05) is 10.4 Å². The second kappa shape index (κ2) is 8.46. The Bertz CT molecular complexity index is 928. The zero-order chi connectivity index (χ0) is 19.3. The second-order valence-electron chi connectivity index (χ2n) is 6.92. The number of hydrogen-bond donors (Lipinski definition) is 2. The van der Waals surface area contributed by atoms with Gasteiger partial charge in [0.25, 0.3) is 5.91 Å². The molecule has 0 saturated heterocycles. The van der Waals surface area contributed by atoms with Gasteiger partial charge in [0.2, 0.25) is 6.79 Å². The van der Waals surface area contributed by atoms with Crippen LogP contribution in [0.15, 0.2) is 66.0 Å². The highest BCUT2D eigenvalue weighted by Crippen LogP contribution is 2.32. The molecule has 2 aromatic carbocycles. The number of thiophene rings is 1. The molecule has 1 unspecified atom stereocenters. The summed E-state index contributed by atoms with van der Waals surface area (Å²) < 4.78 is 10.8. The third-order valence-electron chi connectivity index (χ3n) is 4.67. The predicted molar refractivity (Wildman–Crippen MR) is 109 cm³/mol. The maximum Gasteiger partial charge on any atom is 0.275 e. The molecule has 3 aromatic rings.